The number of halogens is 2. The van der Waals surface area contributed by atoms with Crippen LogP contribution in [0.3, 0.4) is 0 Å². The van der Waals surface area contributed by atoms with E-state index in [0.717, 1.165) is 74.0 Å². The number of nitrogens with zero attached hydrogens (tertiary/aromatic N) is 2. The van der Waals surface area contributed by atoms with Crippen LogP contribution in [0.25, 0.3) is 0 Å². The van der Waals surface area contributed by atoms with E-state index in [0.29, 0.717) is 32.2 Å². The van der Waals surface area contributed by atoms with Crippen LogP contribution < -0.4 is 9.47 Å². The number of para-hydroxylation sites is 2. The molecule has 0 saturated carbocycles. The average Bonchev–Trinajstić information content (AvgIpc) is 3.54. The van der Waals surface area contributed by atoms with Crippen LogP contribution in [0, 0.1) is 9.39 Å². The first-order valence-electron chi connectivity index (χ1n) is 17.5. The number of ketones is 1. The SMILES string of the molecule is CCCc1nc(CC)cn1Cc1ccc(I)cc1F.O=C(CCc1cccc(Oc2ccccc2)c1)CCc1cccc(Oc2ccccc2)c1. The molecular weight excluding hydrogens is 750 g/mol. The minimum atomic E-state index is -0.138. The lowest BCUT2D eigenvalue weighted by atomic mass is 10.0. The summed E-state index contributed by atoms with van der Waals surface area (Å²) in [5, 5.41) is 0. The number of carbonyl (C=O) groups is 1. The van der Waals surface area contributed by atoms with Gasteiger partial charge in [-0.3, -0.25) is 4.79 Å². The van der Waals surface area contributed by atoms with E-state index in [1.807, 2.05) is 128 Å². The van der Waals surface area contributed by atoms with Crippen LogP contribution in [-0.4, -0.2) is 15.3 Å². The Hall–Kier alpha value is -4.76. The van der Waals surface area contributed by atoms with Crippen molar-refractivity contribution in [3.8, 4) is 23.0 Å². The highest BCUT2D eigenvalue weighted by Crippen LogP contribution is 2.24. The Morgan fingerprint density at radius 1 is 0.686 bits per heavy atom. The molecule has 0 spiro atoms. The molecule has 0 radical (unpaired) electrons. The van der Waals surface area contributed by atoms with E-state index >= 15 is 0 Å². The Morgan fingerprint density at radius 3 is 1.75 bits per heavy atom. The van der Waals surface area contributed by atoms with Gasteiger partial charge in [0.05, 0.1) is 12.2 Å². The summed E-state index contributed by atoms with van der Waals surface area (Å²) >= 11 is 2.12. The minimum Gasteiger partial charge on any atom is -0.457 e. The van der Waals surface area contributed by atoms with Gasteiger partial charge in [-0.2, -0.15) is 0 Å². The van der Waals surface area contributed by atoms with Crippen LogP contribution in [0.4, 0.5) is 4.39 Å². The zero-order valence-corrected chi connectivity index (χ0v) is 31.4. The maximum atomic E-state index is 13.9. The first-order chi connectivity index (χ1) is 24.9. The van der Waals surface area contributed by atoms with E-state index in [1.54, 1.807) is 6.07 Å². The van der Waals surface area contributed by atoms with Gasteiger partial charge in [0.25, 0.3) is 0 Å². The van der Waals surface area contributed by atoms with Gasteiger partial charge in [0.15, 0.2) is 0 Å². The zero-order chi connectivity index (χ0) is 35.8. The number of ether oxygens (including phenoxy) is 2. The largest absolute Gasteiger partial charge is 0.457 e. The summed E-state index contributed by atoms with van der Waals surface area (Å²) in [6.07, 6.45) is 7.41. The van der Waals surface area contributed by atoms with E-state index in [9.17, 15) is 9.18 Å². The van der Waals surface area contributed by atoms with Gasteiger partial charge >= 0.3 is 0 Å². The quantitative estimate of drug-likeness (QED) is 0.0972. The van der Waals surface area contributed by atoms with Crippen LogP contribution in [-0.2, 0) is 37.0 Å². The van der Waals surface area contributed by atoms with Crippen molar-refractivity contribution in [1.29, 1.82) is 0 Å². The van der Waals surface area contributed by atoms with Gasteiger partial charge in [-0.1, -0.05) is 80.6 Å². The number of benzene rings is 5. The van der Waals surface area contributed by atoms with Gasteiger partial charge in [-0.25, -0.2) is 9.37 Å². The summed E-state index contributed by atoms with van der Waals surface area (Å²) in [6.45, 7) is 4.79. The second-order valence-corrected chi connectivity index (χ2v) is 13.5. The van der Waals surface area contributed by atoms with Crippen molar-refractivity contribution < 1.29 is 18.7 Å². The van der Waals surface area contributed by atoms with Crippen LogP contribution in [0.5, 0.6) is 23.0 Å². The summed E-state index contributed by atoms with van der Waals surface area (Å²) in [5.74, 6) is 4.36. The third-order valence-electron chi connectivity index (χ3n) is 8.24. The molecule has 262 valence electrons. The predicted molar refractivity (Wildman–Crippen MR) is 211 cm³/mol. The van der Waals surface area contributed by atoms with Gasteiger partial charge in [0.1, 0.15) is 40.4 Å². The maximum absolute atomic E-state index is 13.9. The molecule has 6 aromatic rings. The van der Waals surface area contributed by atoms with Gasteiger partial charge in [-0.15, -0.1) is 0 Å². The molecular formula is C44H44FIN2O3. The summed E-state index contributed by atoms with van der Waals surface area (Å²) in [4.78, 5) is 17.1. The number of rotatable bonds is 15. The van der Waals surface area contributed by atoms with Crippen LogP contribution in [0.1, 0.15) is 61.3 Å². The van der Waals surface area contributed by atoms with Crippen molar-refractivity contribution in [2.24, 2.45) is 0 Å². The Morgan fingerprint density at radius 2 is 1.24 bits per heavy atom. The van der Waals surface area contributed by atoms with Crippen molar-refractivity contribution in [2.45, 2.75) is 65.3 Å². The minimum absolute atomic E-state index is 0.138. The molecule has 51 heavy (non-hydrogen) atoms. The van der Waals surface area contributed by atoms with Crippen molar-refractivity contribution in [3.63, 3.8) is 0 Å². The lowest BCUT2D eigenvalue weighted by Crippen LogP contribution is -2.05. The number of imidazole rings is 1. The first kappa shape index (κ1) is 37.5. The number of hydrogen-bond acceptors (Lipinski definition) is 4. The monoisotopic (exact) mass is 794 g/mol. The van der Waals surface area contributed by atoms with E-state index < -0.39 is 0 Å². The molecule has 0 bridgehead atoms. The molecule has 0 atom stereocenters. The highest BCUT2D eigenvalue weighted by atomic mass is 127. The number of carbonyl (C=O) groups excluding carboxylic acids is 1. The Balaban J connectivity index is 0.000000226. The third-order valence-corrected chi connectivity index (χ3v) is 8.91. The van der Waals surface area contributed by atoms with Crippen molar-refractivity contribution in [1.82, 2.24) is 9.55 Å². The van der Waals surface area contributed by atoms with E-state index in [2.05, 4.69) is 46.0 Å². The van der Waals surface area contributed by atoms with Crippen LogP contribution >= 0.6 is 22.6 Å². The van der Waals surface area contributed by atoms with Crippen LogP contribution in [0.15, 0.2) is 134 Å². The fraction of sp³-hybridized carbons (Fsp3) is 0.227. The van der Waals surface area contributed by atoms with Gasteiger partial charge in [0.2, 0.25) is 0 Å². The smallest absolute Gasteiger partial charge is 0.133 e. The van der Waals surface area contributed by atoms with E-state index in [4.69, 9.17) is 9.47 Å². The van der Waals surface area contributed by atoms with E-state index in [-0.39, 0.29) is 11.6 Å². The maximum Gasteiger partial charge on any atom is 0.133 e. The molecule has 0 aliphatic rings. The summed E-state index contributed by atoms with van der Waals surface area (Å²) < 4.78 is 28.7. The molecule has 0 aliphatic heterocycles. The molecule has 0 aliphatic carbocycles. The standard InChI is InChI=1S/C29H26O3.C15H18FIN2/c30-25(19-17-23-9-7-15-28(21-23)31-26-11-3-1-4-12-26)20-18-24-10-8-16-29(22-24)32-27-13-5-2-6-14-27;1-3-5-15-18-13(4-2)10-19(15)9-11-6-7-12(17)8-14(11)16/h1-16,21-22H,17-20H2;6-8,10H,3-5,9H2,1-2H3. The fourth-order valence-corrected chi connectivity index (χ4v) is 6.00. The highest BCUT2D eigenvalue weighted by molar-refractivity contribution is 14.1. The molecule has 7 heteroatoms. The van der Waals surface area contributed by atoms with Gasteiger partial charge in [-0.05, 0) is 120 Å². The molecule has 0 saturated heterocycles. The first-order valence-corrected chi connectivity index (χ1v) is 18.6. The Bertz CT molecular complexity index is 1890. The lowest BCUT2D eigenvalue weighted by Gasteiger charge is -2.08. The average molecular weight is 795 g/mol. The summed E-state index contributed by atoms with van der Waals surface area (Å²) in [6, 6.07) is 40.7. The molecule has 5 nitrogen and oxygen atoms in total. The molecule has 0 unspecified atom stereocenters. The van der Waals surface area contributed by atoms with Crippen molar-refractivity contribution in [3.05, 3.63) is 171 Å². The topological polar surface area (TPSA) is 53.4 Å². The third kappa shape index (κ3) is 12.2. The Kier molecular flexibility index (Phi) is 14.4. The second kappa shape index (κ2) is 19.6. The number of aromatic nitrogens is 2. The van der Waals surface area contributed by atoms with Gasteiger partial charge in [0, 0.05) is 34.6 Å². The molecule has 0 fully saturated rings. The number of aryl methyl sites for hydroxylation is 4. The molecule has 5 aromatic carbocycles. The Labute approximate surface area is 314 Å². The van der Waals surface area contributed by atoms with Crippen molar-refractivity contribution in [2.75, 3.05) is 0 Å². The highest BCUT2D eigenvalue weighted by Gasteiger charge is 2.10. The molecule has 1 heterocycles. The predicted octanol–water partition coefficient (Wildman–Crippen LogP) is 11.6. The fourth-order valence-electron chi connectivity index (χ4n) is 5.55. The molecule has 0 amide bonds. The van der Waals surface area contributed by atoms with Crippen LogP contribution in [0.2, 0.25) is 0 Å². The zero-order valence-electron chi connectivity index (χ0n) is 29.2. The molecule has 0 N–H and O–H groups in total. The van der Waals surface area contributed by atoms with E-state index in [1.165, 1.54) is 0 Å². The number of hydrogen-bond donors (Lipinski definition) is 0. The second-order valence-electron chi connectivity index (χ2n) is 12.3. The molecule has 1 aromatic heterocycles. The summed E-state index contributed by atoms with van der Waals surface area (Å²) in [7, 11) is 0. The summed E-state index contributed by atoms with van der Waals surface area (Å²) in [5.41, 5.74) is 4.00. The normalized spacial score (nSPS) is 10.7. The van der Waals surface area contributed by atoms with Gasteiger partial charge < -0.3 is 14.0 Å². The number of Topliss-reactive ketones (excluding diaryl/α,β-unsaturated/α-hetero) is 1. The van der Waals surface area contributed by atoms with Crippen molar-refractivity contribution >= 4 is 28.4 Å². The molecule has 6 rings (SSSR count). The lowest BCUT2D eigenvalue weighted by molar-refractivity contribution is -0.119.